The lowest BCUT2D eigenvalue weighted by molar-refractivity contribution is -0.126. The first kappa shape index (κ1) is 17.0. The quantitative estimate of drug-likeness (QED) is 0.737. The van der Waals surface area contributed by atoms with E-state index >= 15 is 0 Å². The fraction of sp³-hybridized carbons (Fsp3) is 0.938. The average molecular weight is 332 g/mol. The Morgan fingerprint density at radius 1 is 1.26 bits per heavy atom. The molecule has 1 unspecified atom stereocenters. The van der Waals surface area contributed by atoms with Crippen LogP contribution in [0.1, 0.15) is 66.2 Å². The number of rotatable bonds is 5. The van der Waals surface area contributed by atoms with Gasteiger partial charge in [0.15, 0.2) is 0 Å². The Bertz CT molecular complexity index is 277. The monoisotopic (exact) mass is 331 g/mol. The van der Waals surface area contributed by atoms with Crippen molar-refractivity contribution in [2.24, 2.45) is 17.3 Å². The Hall–Kier alpha value is -0.0500. The predicted molar refractivity (Wildman–Crippen MR) is 85.5 cm³/mol. The Morgan fingerprint density at radius 3 is 2.32 bits per heavy atom. The zero-order valence-electron chi connectivity index (χ0n) is 13.0. The van der Waals surface area contributed by atoms with Crippen molar-refractivity contribution < 1.29 is 4.79 Å². The maximum atomic E-state index is 12.1. The Balaban J connectivity index is 2.29. The molecule has 3 heteroatoms. The van der Waals surface area contributed by atoms with Crippen molar-refractivity contribution in [3.05, 3.63) is 0 Å². The van der Waals surface area contributed by atoms with E-state index in [4.69, 9.17) is 0 Å². The summed E-state index contributed by atoms with van der Waals surface area (Å²) in [5.41, 5.74) is 0.392. The second-order valence-corrected chi connectivity index (χ2v) is 8.34. The average Bonchev–Trinajstić information content (AvgIpc) is 2.35. The van der Waals surface area contributed by atoms with E-state index in [1.54, 1.807) is 0 Å². The number of nitrogens with one attached hydrogen (secondary N) is 1. The summed E-state index contributed by atoms with van der Waals surface area (Å²) in [6, 6.07) is 0. The Labute approximate surface area is 127 Å². The molecule has 1 fully saturated rings. The zero-order valence-corrected chi connectivity index (χ0v) is 14.6. The van der Waals surface area contributed by atoms with Crippen LogP contribution in [0.2, 0.25) is 0 Å². The minimum Gasteiger partial charge on any atom is -0.355 e. The van der Waals surface area contributed by atoms with Gasteiger partial charge in [0.05, 0.1) is 0 Å². The summed E-state index contributed by atoms with van der Waals surface area (Å²) in [5.74, 6) is 1.30. The first-order chi connectivity index (χ1) is 8.84. The summed E-state index contributed by atoms with van der Waals surface area (Å²) in [6.45, 7) is 9.89. The molecule has 0 saturated heterocycles. The molecular formula is C16H30BrNO. The number of hydrogen-bond acceptors (Lipinski definition) is 1. The van der Waals surface area contributed by atoms with Gasteiger partial charge in [0.2, 0.25) is 5.91 Å². The first-order valence-electron chi connectivity index (χ1n) is 7.76. The normalized spacial score (nSPS) is 25.9. The molecule has 0 aromatic carbocycles. The molecule has 0 bridgehead atoms. The van der Waals surface area contributed by atoms with Crippen molar-refractivity contribution in [2.45, 2.75) is 71.0 Å². The number of hydrogen-bond donors (Lipinski definition) is 1. The molecule has 1 rings (SSSR count). The Morgan fingerprint density at radius 2 is 1.84 bits per heavy atom. The second kappa shape index (κ2) is 7.66. The van der Waals surface area contributed by atoms with Crippen molar-refractivity contribution in [1.29, 1.82) is 0 Å². The van der Waals surface area contributed by atoms with Crippen molar-refractivity contribution in [3.8, 4) is 0 Å². The number of halogens is 1. The van der Waals surface area contributed by atoms with Gasteiger partial charge >= 0.3 is 0 Å². The van der Waals surface area contributed by atoms with E-state index < -0.39 is 0 Å². The number of carbonyl (C=O) groups is 1. The van der Waals surface area contributed by atoms with Crippen LogP contribution in [-0.2, 0) is 4.79 Å². The van der Waals surface area contributed by atoms with E-state index in [2.05, 4.69) is 48.9 Å². The van der Waals surface area contributed by atoms with Crippen LogP contribution in [0.3, 0.4) is 0 Å². The van der Waals surface area contributed by atoms with Gasteiger partial charge in [-0.2, -0.15) is 0 Å². The van der Waals surface area contributed by atoms with E-state index in [-0.39, 0.29) is 11.8 Å². The second-order valence-electron chi connectivity index (χ2n) is 7.05. The fourth-order valence-electron chi connectivity index (χ4n) is 2.99. The highest BCUT2D eigenvalue weighted by Gasteiger charge is 2.32. The molecule has 0 spiro atoms. The lowest BCUT2D eigenvalue weighted by atomic mass is 9.69. The van der Waals surface area contributed by atoms with Gasteiger partial charge in [-0.15, -0.1) is 0 Å². The highest BCUT2D eigenvalue weighted by molar-refractivity contribution is 9.09. The molecule has 0 aliphatic heterocycles. The van der Waals surface area contributed by atoms with Gasteiger partial charge in [-0.1, -0.05) is 50.0 Å². The first-order valence-corrected chi connectivity index (χ1v) is 8.68. The van der Waals surface area contributed by atoms with Gasteiger partial charge in [0.25, 0.3) is 0 Å². The van der Waals surface area contributed by atoms with E-state index in [1.807, 2.05) is 0 Å². The Kier molecular flexibility index (Phi) is 6.85. The van der Waals surface area contributed by atoms with Gasteiger partial charge in [0.1, 0.15) is 0 Å². The highest BCUT2D eigenvalue weighted by Crippen LogP contribution is 2.39. The molecule has 1 amide bonds. The topological polar surface area (TPSA) is 29.1 Å². The van der Waals surface area contributed by atoms with Gasteiger partial charge in [-0.3, -0.25) is 4.79 Å². The van der Waals surface area contributed by atoms with Crippen LogP contribution in [0.25, 0.3) is 0 Å². The maximum Gasteiger partial charge on any atom is 0.223 e. The molecule has 0 heterocycles. The predicted octanol–water partition coefficient (Wildman–Crippen LogP) is 4.52. The van der Waals surface area contributed by atoms with Gasteiger partial charge in [-0.05, 0) is 43.4 Å². The summed E-state index contributed by atoms with van der Waals surface area (Å²) >= 11 is 3.61. The summed E-state index contributed by atoms with van der Waals surface area (Å²) in [4.78, 5) is 12.6. The van der Waals surface area contributed by atoms with Crippen molar-refractivity contribution in [3.63, 3.8) is 0 Å². The molecule has 2 nitrogen and oxygen atoms in total. The number of amides is 1. The van der Waals surface area contributed by atoms with Crippen LogP contribution in [0.15, 0.2) is 0 Å². The molecule has 1 saturated carbocycles. The molecular weight excluding hydrogens is 302 g/mol. The van der Waals surface area contributed by atoms with Crippen LogP contribution in [-0.4, -0.2) is 17.3 Å². The molecule has 1 aliphatic carbocycles. The largest absolute Gasteiger partial charge is 0.355 e. The third kappa shape index (κ3) is 5.85. The molecule has 0 radical (unpaired) electrons. The lowest BCUT2D eigenvalue weighted by Gasteiger charge is -2.36. The fourth-order valence-corrected chi connectivity index (χ4v) is 3.61. The lowest BCUT2D eigenvalue weighted by Crippen LogP contribution is -2.37. The van der Waals surface area contributed by atoms with Crippen LogP contribution in [0.4, 0.5) is 0 Å². The smallest absolute Gasteiger partial charge is 0.223 e. The van der Waals surface area contributed by atoms with Gasteiger partial charge < -0.3 is 5.32 Å². The molecule has 0 aromatic rings. The summed E-state index contributed by atoms with van der Waals surface area (Å²) in [7, 11) is 0. The highest BCUT2D eigenvalue weighted by atomic mass is 79.9. The van der Waals surface area contributed by atoms with E-state index in [0.717, 1.165) is 38.1 Å². The third-order valence-corrected chi connectivity index (χ3v) is 5.20. The van der Waals surface area contributed by atoms with Crippen LogP contribution in [0, 0.1) is 17.3 Å². The van der Waals surface area contributed by atoms with Crippen LogP contribution < -0.4 is 5.32 Å². The molecule has 1 atom stereocenters. The molecule has 1 N–H and O–H groups in total. The van der Waals surface area contributed by atoms with Crippen LogP contribution in [0.5, 0.6) is 0 Å². The summed E-state index contributed by atoms with van der Waals surface area (Å²) in [5, 5.41) is 3.10. The van der Waals surface area contributed by atoms with E-state index in [0.29, 0.717) is 10.2 Å². The van der Waals surface area contributed by atoms with Crippen molar-refractivity contribution >= 4 is 21.8 Å². The van der Waals surface area contributed by atoms with Crippen LogP contribution >= 0.6 is 15.9 Å². The van der Waals surface area contributed by atoms with Gasteiger partial charge in [-0.25, -0.2) is 0 Å². The van der Waals surface area contributed by atoms with E-state index in [1.165, 1.54) is 12.8 Å². The standard InChI is InChI=1S/C16H30BrNO/c1-5-6-14(17)11-18-15(19)12-7-9-13(10-8-12)16(2,3)4/h12-14H,5-11H2,1-4H3,(H,18,19). The third-order valence-electron chi connectivity index (χ3n) is 4.42. The molecule has 0 aromatic heterocycles. The van der Waals surface area contributed by atoms with Crippen molar-refractivity contribution in [1.82, 2.24) is 5.32 Å². The van der Waals surface area contributed by atoms with Crippen molar-refractivity contribution in [2.75, 3.05) is 6.54 Å². The minimum atomic E-state index is 0.250. The molecule has 112 valence electrons. The maximum absolute atomic E-state index is 12.1. The van der Waals surface area contributed by atoms with Gasteiger partial charge in [0, 0.05) is 17.3 Å². The summed E-state index contributed by atoms with van der Waals surface area (Å²) in [6.07, 6.45) is 6.81. The molecule has 19 heavy (non-hydrogen) atoms. The number of alkyl halides is 1. The molecule has 1 aliphatic rings. The number of carbonyl (C=O) groups excluding carboxylic acids is 1. The SMILES string of the molecule is CCCC(Br)CNC(=O)C1CCC(C(C)(C)C)CC1. The van der Waals surface area contributed by atoms with E-state index in [9.17, 15) is 4.79 Å². The minimum absolute atomic E-state index is 0.250. The summed E-state index contributed by atoms with van der Waals surface area (Å²) < 4.78 is 0. The zero-order chi connectivity index (χ0) is 14.5.